The van der Waals surface area contributed by atoms with Crippen molar-refractivity contribution in [2.24, 2.45) is 5.92 Å². The second-order valence-electron chi connectivity index (χ2n) is 4.70. The van der Waals surface area contributed by atoms with Gasteiger partial charge in [-0.25, -0.2) is 0 Å². The quantitative estimate of drug-likeness (QED) is 0.792. The lowest BCUT2D eigenvalue weighted by atomic mass is 10.2. The minimum Gasteiger partial charge on any atom is -0.407 e. The smallest absolute Gasteiger partial charge is 0.315 e. The van der Waals surface area contributed by atoms with E-state index in [0.717, 1.165) is 12.2 Å². The fourth-order valence-corrected chi connectivity index (χ4v) is 1.53. The van der Waals surface area contributed by atoms with E-state index >= 15 is 0 Å². The third-order valence-corrected chi connectivity index (χ3v) is 2.44. The largest absolute Gasteiger partial charge is 0.407 e. The predicted octanol–water partition coefficient (Wildman–Crippen LogP) is 1.82. The molecule has 2 rings (SSSR count). The van der Waals surface area contributed by atoms with E-state index in [1.165, 1.54) is 0 Å². The zero-order chi connectivity index (χ0) is 13.5. The van der Waals surface area contributed by atoms with E-state index in [0.29, 0.717) is 30.9 Å². The van der Waals surface area contributed by atoms with Gasteiger partial charge >= 0.3 is 6.01 Å². The highest BCUT2D eigenvalue weighted by Gasteiger charge is 2.05. The standard InChI is InChI=1S/C13H19N5O/c1-10(2)7-14-9-12-17-18-13(19-12)16-8-11-5-3-4-6-15-11/h3-6,10,14H,7-9H2,1-2H3,(H,16,18). The first-order valence-electron chi connectivity index (χ1n) is 6.41. The van der Waals surface area contributed by atoms with Crippen LogP contribution in [0.1, 0.15) is 25.4 Å². The van der Waals surface area contributed by atoms with Crippen molar-refractivity contribution in [3.05, 3.63) is 36.0 Å². The van der Waals surface area contributed by atoms with Crippen molar-refractivity contribution in [1.82, 2.24) is 20.5 Å². The molecule has 2 aromatic heterocycles. The van der Waals surface area contributed by atoms with Crippen LogP contribution in [-0.2, 0) is 13.1 Å². The fourth-order valence-electron chi connectivity index (χ4n) is 1.53. The first-order valence-corrected chi connectivity index (χ1v) is 6.41. The Hall–Kier alpha value is -1.95. The SMILES string of the molecule is CC(C)CNCc1nnc(NCc2ccccn2)o1. The summed E-state index contributed by atoms with van der Waals surface area (Å²) in [6.07, 6.45) is 1.76. The lowest BCUT2D eigenvalue weighted by Gasteiger charge is -2.03. The molecule has 0 aliphatic rings. The number of hydrogen-bond donors (Lipinski definition) is 2. The molecule has 0 aliphatic carbocycles. The second-order valence-corrected chi connectivity index (χ2v) is 4.70. The maximum atomic E-state index is 5.46. The highest BCUT2D eigenvalue weighted by atomic mass is 16.4. The van der Waals surface area contributed by atoms with Crippen LogP contribution in [0.5, 0.6) is 0 Å². The van der Waals surface area contributed by atoms with Crippen molar-refractivity contribution < 1.29 is 4.42 Å². The summed E-state index contributed by atoms with van der Waals surface area (Å²) in [6, 6.07) is 6.19. The van der Waals surface area contributed by atoms with E-state index in [9.17, 15) is 0 Å². The van der Waals surface area contributed by atoms with Crippen molar-refractivity contribution in [3.63, 3.8) is 0 Å². The van der Waals surface area contributed by atoms with Gasteiger partial charge in [-0.05, 0) is 24.6 Å². The van der Waals surface area contributed by atoms with Crippen LogP contribution in [0, 0.1) is 5.92 Å². The molecule has 0 atom stereocenters. The van der Waals surface area contributed by atoms with Crippen LogP contribution in [0.3, 0.4) is 0 Å². The average Bonchev–Trinajstić information content (AvgIpc) is 2.85. The van der Waals surface area contributed by atoms with Crippen molar-refractivity contribution in [3.8, 4) is 0 Å². The minimum absolute atomic E-state index is 0.423. The third-order valence-electron chi connectivity index (χ3n) is 2.44. The average molecular weight is 261 g/mol. The molecular formula is C13H19N5O. The number of hydrogen-bond acceptors (Lipinski definition) is 6. The molecule has 2 heterocycles. The molecule has 0 amide bonds. The van der Waals surface area contributed by atoms with Gasteiger partial charge in [0.2, 0.25) is 5.89 Å². The van der Waals surface area contributed by atoms with Crippen LogP contribution in [0.25, 0.3) is 0 Å². The molecule has 0 aromatic carbocycles. The molecule has 0 saturated heterocycles. The van der Waals surface area contributed by atoms with Crippen molar-refractivity contribution >= 4 is 6.01 Å². The molecule has 0 unspecified atom stereocenters. The third kappa shape index (κ3) is 4.67. The van der Waals surface area contributed by atoms with Gasteiger partial charge < -0.3 is 15.1 Å². The first-order chi connectivity index (χ1) is 9.24. The van der Waals surface area contributed by atoms with Crippen LogP contribution >= 0.6 is 0 Å². The van der Waals surface area contributed by atoms with Gasteiger partial charge in [-0.15, -0.1) is 5.10 Å². The van der Waals surface area contributed by atoms with Gasteiger partial charge in [0, 0.05) is 6.20 Å². The van der Waals surface area contributed by atoms with Crippen molar-refractivity contribution in [2.45, 2.75) is 26.9 Å². The van der Waals surface area contributed by atoms with Crippen LogP contribution < -0.4 is 10.6 Å². The van der Waals surface area contributed by atoms with E-state index in [-0.39, 0.29) is 0 Å². The Morgan fingerprint density at radius 3 is 2.84 bits per heavy atom. The number of aromatic nitrogens is 3. The van der Waals surface area contributed by atoms with Crippen molar-refractivity contribution in [1.29, 1.82) is 0 Å². The van der Waals surface area contributed by atoms with E-state index in [1.54, 1.807) is 6.20 Å². The van der Waals surface area contributed by atoms with E-state index < -0.39 is 0 Å². The van der Waals surface area contributed by atoms with Gasteiger partial charge in [0.05, 0.1) is 18.8 Å². The van der Waals surface area contributed by atoms with Gasteiger partial charge in [0.15, 0.2) is 0 Å². The van der Waals surface area contributed by atoms with Gasteiger partial charge in [0.25, 0.3) is 0 Å². The summed E-state index contributed by atoms with van der Waals surface area (Å²) in [7, 11) is 0. The molecule has 6 heteroatoms. The zero-order valence-corrected chi connectivity index (χ0v) is 11.3. The summed E-state index contributed by atoms with van der Waals surface area (Å²) in [4.78, 5) is 4.20. The molecule has 0 fully saturated rings. The monoisotopic (exact) mass is 261 g/mol. The number of pyridine rings is 1. The number of nitrogens with one attached hydrogen (secondary N) is 2. The summed E-state index contributed by atoms with van der Waals surface area (Å²) in [5.41, 5.74) is 0.931. The Morgan fingerprint density at radius 1 is 1.21 bits per heavy atom. The molecule has 0 radical (unpaired) electrons. The van der Waals surface area contributed by atoms with Gasteiger partial charge in [0.1, 0.15) is 0 Å². The number of rotatable bonds is 7. The van der Waals surface area contributed by atoms with Crippen LogP contribution in [-0.4, -0.2) is 21.7 Å². The highest BCUT2D eigenvalue weighted by Crippen LogP contribution is 2.06. The Labute approximate surface area is 112 Å². The summed E-state index contributed by atoms with van der Waals surface area (Å²) >= 11 is 0. The molecule has 0 spiro atoms. The number of nitrogens with zero attached hydrogens (tertiary/aromatic N) is 3. The Kier molecular flexibility index (Phi) is 4.85. The second kappa shape index (κ2) is 6.84. The molecule has 2 N–H and O–H groups in total. The predicted molar refractivity (Wildman–Crippen MR) is 72.4 cm³/mol. The lowest BCUT2D eigenvalue weighted by molar-refractivity contribution is 0.458. The van der Waals surface area contributed by atoms with E-state index in [2.05, 4.69) is 39.7 Å². The maximum absolute atomic E-state index is 5.46. The Bertz CT molecular complexity index is 483. The van der Waals surface area contributed by atoms with Gasteiger partial charge in [-0.3, -0.25) is 4.98 Å². The fraction of sp³-hybridized carbons (Fsp3) is 0.462. The van der Waals surface area contributed by atoms with Crippen LogP contribution in [0.15, 0.2) is 28.8 Å². The van der Waals surface area contributed by atoms with E-state index in [4.69, 9.17) is 4.42 Å². The molecular weight excluding hydrogens is 242 g/mol. The highest BCUT2D eigenvalue weighted by molar-refractivity contribution is 5.19. The van der Waals surface area contributed by atoms with Crippen LogP contribution in [0.2, 0.25) is 0 Å². The molecule has 0 saturated carbocycles. The summed E-state index contributed by atoms with van der Waals surface area (Å²) in [5.74, 6) is 1.19. The normalized spacial score (nSPS) is 10.9. The molecule has 6 nitrogen and oxygen atoms in total. The van der Waals surface area contributed by atoms with Gasteiger partial charge in [-0.1, -0.05) is 25.0 Å². The van der Waals surface area contributed by atoms with Gasteiger partial charge in [-0.2, -0.15) is 0 Å². The molecule has 2 aromatic rings. The summed E-state index contributed by atoms with van der Waals surface area (Å²) in [6.45, 7) is 6.40. The molecule has 0 bridgehead atoms. The van der Waals surface area contributed by atoms with Crippen molar-refractivity contribution in [2.75, 3.05) is 11.9 Å². The van der Waals surface area contributed by atoms with Crippen LogP contribution in [0.4, 0.5) is 6.01 Å². The number of anilines is 1. The maximum Gasteiger partial charge on any atom is 0.315 e. The Morgan fingerprint density at radius 2 is 2.11 bits per heavy atom. The summed E-state index contributed by atoms with van der Waals surface area (Å²) < 4.78 is 5.46. The Balaban J connectivity index is 1.77. The minimum atomic E-state index is 0.423. The summed E-state index contributed by atoms with van der Waals surface area (Å²) in [5, 5.41) is 14.2. The van der Waals surface area contributed by atoms with E-state index in [1.807, 2.05) is 18.2 Å². The lowest BCUT2D eigenvalue weighted by Crippen LogP contribution is -2.19. The molecule has 102 valence electrons. The topological polar surface area (TPSA) is 75.9 Å². The molecule has 0 aliphatic heterocycles. The first kappa shape index (κ1) is 13.5. The molecule has 19 heavy (non-hydrogen) atoms. The zero-order valence-electron chi connectivity index (χ0n) is 11.3.